The number of aliphatic imine (C=N–C) groups is 1. The Morgan fingerprint density at radius 3 is 0.908 bits per heavy atom. The van der Waals surface area contributed by atoms with Crippen LogP contribution in [0.4, 0.5) is 27.5 Å². The Bertz CT molecular complexity index is 9010. The van der Waals surface area contributed by atoms with E-state index in [0.717, 1.165) is 188 Å². The maximum absolute atomic E-state index is 12.0. The van der Waals surface area contributed by atoms with Crippen LogP contribution in [-0.2, 0) is 14.8 Å². The van der Waals surface area contributed by atoms with Gasteiger partial charge in [0.05, 0.1) is 122 Å². The number of aromatic amines is 8. The number of nitrogens with one attached hydrogen (secondary N) is 12. The van der Waals surface area contributed by atoms with E-state index in [1.165, 1.54) is 11.1 Å². The maximum atomic E-state index is 12.0. The number of rotatable bonds is 19. The number of carbonyl (C=O) groups is 2. The van der Waals surface area contributed by atoms with E-state index in [1.807, 2.05) is 140 Å². The third-order valence-corrected chi connectivity index (χ3v) is 24.6. The van der Waals surface area contributed by atoms with Crippen molar-refractivity contribution in [1.29, 1.82) is 0 Å². The molecule has 0 radical (unpaired) electrons. The summed E-state index contributed by atoms with van der Waals surface area (Å²) >= 11 is 0. The van der Waals surface area contributed by atoms with Crippen molar-refractivity contribution < 1.29 is 18.0 Å². The first-order valence-corrected chi connectivity index (χ1v) is 46.1. The highest BCUT2D eigenvalue weighted by molar-refractivity contribution is 7.92. The molecule has 0 aliphatic carbocycles. The minimum absolute atomic E-state index is 0.0168. The second-order valence-corrected chi connectivity index (χ2v) is 34.8. The van der Waals surface area contributed by atoms with Crippen LogP contribution in [0.15, 0.2) is 299 Å². The number of guanidine groups is 1. The molecule has 20 heterocycles. The monoisotopic (exact) mass is 1890 g/mol. The molecule has 14 N–H and O–H groups in total. The lowest BCUT2D eigenvalue weighted by atomic mass is 10.0. The number of sulfonamides is 1. The predicted octanol–water partition coefficient (Wildman–Crippen LogP) is 18.1. The van der Waals surface area contributed by atoms with Gasteiger partial charge in [-0.1, -0.05) is 55.5 Å². The fraction of sp³-hybridized carbons (Fsp3) is 0.0686. The van der Waals surface area contributed by atoms with E-state index in [4.69, 9.17) is 25.7 Å². The SMILES string of the molecule is CCC(=O)Nc1cncc(-c2ccc3[nH]nc(-c4nc5c(-c6cccnc6)cncc5[nH]4)c3c2)c1.CCS(=O)(=O)Nc1cncc(-c2ccc3[nH]nc(-c4nc5c(-c6cccnc6)cncc5[nH]4)c3c2)c1.CN(C)C(=O)Nc1cncc(-c2ccc3[nH]nc(-c4nc5c(-c6cccnc6)cncc5[nH]4)c3c2)c1.CN=C(N)Nc1cncc(-c2ccc3[nH]nc(-c4nc5c(-c6cccnc6)cncc5[nH]4)c3c2)c1. The fourth-order valence-corrected chi connectivity index (χ4v) is 16.8. The van der Waals surface area contributed by atoms with Gasteiger partial charge in [-0.2, -0.15) is 20.4 Å². The van der Waals surface area contributed by atoms with Crippen molar-refractivity contribution in [3.63, 3.8) is 0 Å². The molecule has 0 aliphatic rings. The molecule has 20 aromatic heterocycles. The maximum Gasteiger partial charge on any atom is 0.321 e. The zero-order valence-electron chi connectivity index (χ0n) is 76.1. The Morgan fingerprint density at radius 2 is 0.620 bits per heavy atom. The van der Waals surface area contributed by atoms with E-state index in [2.05, 4.69) is 152 Å². The number of fused-ring (bicyclic) bond motifs is 8. The van der Waals surface area contributed by atoms with Crippen LogP contribution in [0.5, 0.6) is 0 Å². The van der Waals surface area contributed by atoms with Gasteiger partial charge in [0.1, 0.15) is 44.8 Å². The summed E-state index contributed by atoms with van der Waals surface area (Å²) < 4.78 is 26.5. The van der Waals surface area contributed by atoms with Gasteiger partial charge in [-0.15, -0.1) is 0 Å². The molecule has 24 rings (SSSR count). The molecule has 0 fully saturated rings. The minimum Gasteiger partial charge on any atom is -0.370 e. The van der Waals surface area contributed by atoms with Crippen LogP contribution in [-0.4, -0.2) is 199 Å². The molecule has 0 spiro atoms. The van der Waals surface area contributed by atoms with Gasteiger partial charge in [0.15, 0.2) is 29.3 Å². The van der Waals surface area contributed by atoms with Crippen LogP contribution in [0.1, 0.15) is 20.3 Å². The molecule has 0 atom stereocenters. The van der Waals surface area contributed by atoms with Gasteiger partial charge in [0, 0.05) is 215 Å². The number of pyridine rings is 12. The van der Waals surface area contributed by atoms with Crippen LogP contribution in [0, 0.1) is 0 Å². The van der Waals surface area contributed by atoms with Crippen molar-refractivity contribution in [3.8, 4) is 135 Å². The van der Waals surface area contributed by atoms with Gasteiger partial charge in [-0.25, -0.2) is 33.1 Å². The van der Waals surface area contributed by atoms with E-state index in [-0.39, 0.29) is 17.7 Å². The summed E-state index contributed by atoms with van der Waals surface area (Å²) in [5, 5.41) is 42.9. The zero-order chi connectivity index (χ0) is 96.9. The van der Waals surface area contributed by atoms with Gasteiger partial charge in [-0.3, -0.25) is 94.7 Å². The summed E-state index contributed by atoms with van der Waals surface area (Å²) in [6, 6.07) is 46.7. The van der Waals surface area contributed by atoms with Crippen molar-refractivity contribution >= 4 is 138 Å². The first-order valence-electron chi connectivity index (χ1n) is 44.5. The van der Waals surface area contributed by atoms with Gasteiger partial charge in [0.2, 0.25) is 15.9 Å². The topological polar surface area (TPSA) is 542 Å². The van der Waals surface area contributed by atoms with Crippen LogP contribution in [0.3, 0.4) is 0 Å². The molecule has 4 aromatic carbocycles. The normalized spacial score (nSPS) is 11.5. The van der Waals surface area contributed by atoms with Crippen molar-refractivity contribution in [3.05, 3.63) is 294 Å². The predicted molar refractivity (Wildman–Crippen MR) is 548 cm³/mol. The van der Waals surface area contributed by atoms with E-state index >= 15 is 0 Å². The van der Waals surface area contributed by atoms with E-state index in [0.29, 0.717) is 69.8 Å². The summed E-state index contributed by atoms with van der Waals surface area (Å²) in [6.07, 6.45) is 42.2. The average Bonchev–Trinajstić information content (AvgIpc) is 1.63. The van der Waals surface area contributed by atoms with Crippen molar-refractivity contribution in [2.75, 3.05) is 47.6 Å². The largest absolute Gasteiger partial charge is 0.370 e. The molecule has 0 saturated heterocycles. The molecule has 40 heteroatoms. The Kier molecular flexibility index (Phi) is 24.1. The molecule has 694 valence electrons. The number of aromatic nitrogens is 28. The summed E-state index contributed by atoms with van der Waals surface area (Å²) in [7, 11) is 1.60. The molecular weight excluding hydrogens is 1810 g/mol. The number of hydrogen-bond donors (Lipinski definition) is 13. The number of nitrogens with zero attached hydrogens (tertiary/aromatic N) is 22. The summed E-state index contributed by atoms with van der Waals surface area (Å²) in [5.74, 6) is 2.79. The lowest BCUT2D eigenvalue weighted by Crippen LogP contribution is -2.27. The third kappa shape index (κ3) is 18.5. The number of amides is 3. The lowest BCUT2D eigenvalue weighted by Gasteiger charge is -2.12. The van der Waals surface area contributed by atoms with Crippen LogP contribution in [0.25, 0.3) is 223 Å². The highest BCUT2D eigenvalue weighted by atomic mass is 32.2. The second-order valence-electron chi connectivity index (χ2n) is 32.8. The summed E-state index contributed by atoms with van der Waals surface area (Å²) in [6.45, 7) is 3.40. The van der Waals surface area contributed by atoms with E-state index in [9.17, 15) is 18.0 Å². The number of benzene rings is 4. The number of nitrogens with two attached hydrogens (primary N) is 1. The first kappa shape index (κ1) is 88.8. The summed E-state index contributed by atoms with van der Waals surface area (Å²) in [4.78, 5) is 114. The molecule has 0 bridgehead atoms. The van der Waals surface area contributed by atoms with Crippen molar-refractivity contribution in [1.82, 2.24) is 145 Å². The smallest absolute Gasteiger partial charge is 0.321 e. The second kappa shape index (κ2) is 38.5. The molecule has 24 aromatic rings. The van der Waals surface area contributed by atoms with Gasteiger partial charge < -0.3 is 46.5 Å². The van der Waals surface area contributed by atoms with Crippen LogP contribution >= 0.6 is 0 Å². The van der Waals surface area contributed by atoms with Crippen molar-refractivity contribution in [2.45, 2.75) is 20.3 Å². The number of H-pyrrole nitrogens is 8. The molecule has 0 unspecified atom stereocenters. The van der Waals surface area contributed by atoms with Crippen LogP contribution < -0.4 is 26.4 Å². The Morgan fingerprint density at radius 1 is 0.331 bits per heavy atom. The van der Waals surface area contributed by atoms with Gasteiger partial charge >= 0.3 is 6.03 Å². The molecular formula is C102H81N35O4S. The summed E-state index contributed by atoms with van der Waals surface area (Å²) in [5.41, 5.74) is 35.5. The third-order valence-electron chi connectivity index (χ3n) is 23.3. The average molecular weight is 1890 g/mol. The zero-order valence-corrected chi connectivity index (χ0v) is 76.9. The molecule has 142 heavy (non-hydrogen) atoms. The number of imidazole rings is 4. The minimum atomic E-state index is -3.40. The fourth-order valence-electron chi connectivity index (χ4n) is 16.2. The highest BCUT2D eigenvalue weighted by Crippen LogP contribution is 2.40. The number of urea groups is 1. The number of carbonyl (C=O) groups excluding carboxylic acids is 2. The quantitative estimate of drug-likeness (QED) is 0.0264. The van der Waals surface area contributed by atoms with E-state index in [1.54, 1.807) is 177 Å². The molecule has 0 saturated carbocycles. The Labute approximate surface area is 805 Å². The highest BCUT2D eigenvalue weighted by Gasteiger charge is 2.24. The van der Waals surface area contributed by atoms with E-state index < -0.39 is 10.0 Å². The molecule has 3 amide bonds. The van der Waals surface area contributed by atoms with Crippen molar-refractivity contribution in [2.24, 2.45) is 10.7 Å². The van der Waals surface area contributed by atoms with Gasteiger partial charge in [0.25, 0.3) is 0 Å². The molecule has 39 nitrogen and oxygen atoms in total. The van der Waals surface area contributed by atoms with Crippen LogP contribution in [0.2, 0.25) is 0 Å². The lowest BCUT2D eigenvalue weighted by molar-refractivity contribution is -0.115. The Hall–Kier alpha value is -19.8. The van der Waals surface area contributed by atoms with Gasteiger partial charge in [-0.05, 0) is 126 Å². The first-order chi connectivity index (χ1) is 69.4. The number of hydrogen-bond acceptors (Lipinski definition) is 25. The standard InChI is InChI=1S/C26H21N9O.C26H20N8O.C25H20N10.C25H20N8O2S/c1-35(2)26(36)30-18-8-17(11-28-12-18)15-5-6-21-19(9-15)24(34-33-21)25-31-22-14-29-13-20(23(22)32-25)16-4-3-7-27-10-16;1-2-23(35)30-18-8-17(11-28-12-18)15-5-6-21-19(9-15)25(34-33-21)26-31-22-14-29-13-20(24(22)32-26)16-4-3-7-27-10-16;1-27-25(26)31-17-7-16(10-29-11-17)14-4-5-20-18(8-14)23(35-34-20)24-32-21-13-30-12-19(22(21)33-24)15-3-2-6-28-9-15;1-2-36(34,35)33-18-8-17(11-27-12-18)15-5-6-21-19(9-15)24(32-31-21)25-29-22-14-28-13-20(23(22)30-25)16-4-3-7-26-10-16/h3-14H,1-2H3,(H,30,36)(H,31,32)(H,33,34);3-14H,2H2,1H3,(H,30,35)(H,31,32)(H,33,34);2-13H,1H3,(H,32,33)(H,34,35)(H3,26,27,31);3-14,33H,2H2,1H3,(H,29,30)(H,31,32). The number of anilines is 4. The molecule has 0 aliphatic heterocycles. The Balaban J connectivity index is 0.000000112.